The Balaban J connectivity index is 2.02. The zero-order valence-corrected chi connectivity index (χ0v) is 16.2. The van der Waals surface area contributed by atoms with Crippen LogP contribution in [0.4, 0.5) is 18.9 Å². The van der Waals surface area contributed by atoms with E-state index in [1.165, 1.54) is 19.9 Å². The molecule has 2 aromatic rings. The van der Waals surface area contributed by atoms with Gasteiger partial charge in [0.15, 0.2) is 0 Å². The molecule has 0 aliphatic heterocycles. The highest BCUT2D eigenvalue weighted by molar-refractivity contribution is 5.94. The Bertz CT molecular complexity index is 1000. The maximum atomic E-state index is 13.0. The summed E-state index contributed by atoms with van der Waals surface area (Å²) >= 11 is 0. The summed E-state index contributed by atoms with van der Waals surface area (Å²) in [6.07, 6.45) is -6.41. The van der Waals surface area contributed by atoms with Crippen molar-refractivity contribution in [3.63, 3.8) is 0 Å². The van der Waals surface area contributed by atoms with E-state index < -0.39 is 47.3 Å². The van der Waals surface area contributed by atoms with E-state index in [1.807, 2.05) is 0 Å². The molecule has 11 heteroatoms. The molecule has 2 rings (SSSR count). The zero-order valence-electron chi connectivity index (χ0n) is 16.2. The molecule has 1 aromatic carbocycles. The number of aliphatic hydroxyl groups excluding tert-OH is 2. The summed E-state index contributed by atoms with van der Waals surface area (Å²) in [7, 11) is 0. The van der Waals surface area contributed by atoms with E-state index in [9.17, 15) is 32.7 Å². The quantitative estimate of drug-likeness (QED) is 0.495. The van der Waals surface area contributed by atoms with Crippen molar-refractivity contribution >= 4 is 28.5 Å². The van der Waals surface area contributed by atoms with E-state index in [0.717, 1.165) is 12.1 Å². The molecule has 0 spiro atoms. The Morgan fingerprint density at radius 1 is 1.20 bits per heavy atom. The maximum absolute atomic E-state index is 13.0. The number of carbonyl (C=O) groups excluding carboxylic acids is 2. The molecule has 1 atom stereocenters. The lowest BCUT2D eigenvalue weighted by Crippen LogP contribution is -2.46. The molecule has 8 nitrogen and oxygen atoms in total. The van der Waals surface area contributed by atoms with Gasteiger partial charge in [-0.2, -0.15) is 13.2 Å². The number of anilines is 1. The third kappa shape index (κ3) is 5.57. The lowest BCUT2D eigenvalue weighted by Gasteiger charge is -2.27. The number of nitrogens with one attached hydrogen (secondary N) is 2. The number of hydrogen-bond acceptors (Lipinski definition) is 6. The standard InChI is InChI=1S/C19H21F3N2O6/c1-18(2,9-25)16(28)17(29)23-6-5-14(26)24-10-3-4-11-12(19(20,21)22)8-15(27)30-13(11)7-10/h3-4,7-8,16,25,28H,5-6,9H2,1-2H3,(H,23,29)(H,24,26). The topological polar surface area (TPSA) is 129 Å². The van der Waals surface area contributed by atoms with Crippen LogP contribution in [0.1, 0.15) is 25.8 Å². The average Bonchev–Trinajstić information content (AvgIpc) is 2.65. The molecule has 1 heterocycles. The first-order chi connectivity index (χ1) is 13.8. The van der Waals surface area contributed by atoms with Crippen LogP contribution in [0.5, 0.6) is 0 Å². The van der Waals surface area contributed by atoms with Crippen LogP contribution in [-0.4, -0.2) is 41.3 Å². The molecule has 164 valence electrons. The highest BCUT2D eigenvalue weighted by Crippen LogP contribution is 2.34. The van der Waals surface area contributed by atoms with Crippen LogP contribution >= 0.6 is 0 Å². The van der Waals surface area contributed by atoms with Crippen LogP contribution in [0, 0.1) is 5.41 Å². The molecule has 30 heavy (non-hydrogen) atoms. The Labute approximate surface area is 168 Å². The molecule has 2 amide bonds. The van der Waals surface area contributed by atoms with Gasteiger partial charge in [0, 0.05) is 41.6 Å². The smallest absolute Gasteiger partial charge is 0.417 e. The van der Waals surface area contributed by atoms with Crippen LogP contribution in [-0.2, 0) is 15.8 Å². The van der Waals surface area contributed by atoms with Gasteiger partial charge in [0.1, 0.15) is 11.7 Å². The van der Waals surface area contributed by atoms with Crippen molar-refractivity contribution in [3.05, 3.63) is 40.2 Å². The first kappa shape index (κ1) is 23.4. The van der Waals surface area contributed by atoms with E-state index in [-0.39, 0.29) is 29.6 Å². The summed E-state index contributed by atoms with van der Waals surface area (Å²) in [4.78, 5) is 35.3. The van der Waals surface area contributed by atoms with E-state index in [2.05, 4.69) is 10.6 Å². The van der Waals surface area contributed by atoms with Gasteiger partial charge in [0.05, 0.1) is 12.2 Å². The Hall–Kier alpha value is -2.92. The van der Waals surface area contributed by atoms with Gasteiger partial charge in [-0.15, -0.1) is 0 Å². The van der Waals surface area contributed by atoms with Crippen LogP contribution < -0.4 is 16.3 Å². The molecule has 0 saturated heterocycles. The van der Waals surface area contributed by atoms with Gasteiger partial charge in [-0.3, -0.25) is 9.59 Å². The van der Waals surface area contributed by atoms with E-state index in [0.29, 0.717) is 6.07 Å². The molecule has 4 N–H and O–H groups in total. The normalized spacial score (nSPS) is 13.2. The summed E-state index contributed by atoms with van der Waals surface area (Å²) in [6, 6.07) is 3.75. The highest BCUT2D eigenvalue weighted by atomic mass is 19.4. The fourth-order valence-corrected chi connectivity index (χ4v) is 2.54. The lowest BCUT2D eigenvalue weighted by molar-refractivity contribution is -0.137. The van der Waals surface area contributed by atoms with Gasteiger partial charge in [-0.05, 0) is 12.1 Å². The summed E-state index contributed by atoms with van der Waals surface area (Å²) in [6.45, 7) is 2.44. The van der Waals surface area contributed by atoms with Crippen molar-refractivity contribution in [2.24, 2.45) is 5.41 Å². The number of amides is 2. The lowest BCUT2D eigenvalue weighted by atomic mass is 9.87. The molecule has 0 aliphatic rings. The molecule has 1 unspecified atom stereocenters. The second-order valence-electron chi connectivity index (χ2n) is 7.33. The Kier molecular flexibility index (Phi) is 6.88. The first-order valence-electron chi connectivity index (χ1n) is 8.87. The minimum atomic E-state index is -4.74. The number of halogens is 3. The second-order valence-corrected chi connectivity index (χ2v) is 7.33. The van der Waals surface area contributed by atoms with Crippen molar-refractivity contribution in [1.82, 2.24) is 5.32 Å². The van der Waals surface area contributed by atoms with E-state index in [4.69, 9.17) is 9.52 Å². The minimum absolute atomic E-state index is 0.0998. The minimum Gasteiger partial charge on any atom is -0.423 e. The van der Waals surface area contributed by atoms with Gasteiger partial charge in [0.25, 0.3) is 0 Å². The summed E-state index contributed by atoms with van der Waals surface area (Å²) < 4.78 is 43.9. The average molecular weight is 430 g/mol. The van der Waals surface area contributed by atoms with Crippen LogP contribution in [0.15, 0.2) is 33.5 Å². The van der Waals surface area contributed by atoms with Crippen LogP contribution in [0.3, 0.4) is 0 Å². The van der Waals surface area contributed by atoms with Crippen LogP contribution in [0.2, 0.25) is 0 Å². The van der Waals surface area contributed by atoms with Gasteiger partial charge < -0.3 is 25.3 Å². The molecule has 0 fully saturated rings. The van der Waals surface area contributed by atoms with Gasteiger partial charge in [0.2, 0.25) is 11.8 Å². The fourth-order valence-electron chi connectivity index (χ4n) is 2.54. The van der Waals surface area contributed by atoms with E-state index in [1.54, 1.807) is 0 Å². The number of benzene rings is 1. The largest absolute Gasteiger partial charge is 0.423 e. The van der Waals surface area contributed by atoms with Crippen LogP contribution in [0.25, 0.3) is 11.0 Å². The SMILES string of the molecule is CC(C)(CO)C(O)C(=O)NCCC(=O)Nc1ccc2c(C(F)(F)F)cc(=O)oc2c1. The molecule has 0 bridgehead atoms. The third-order valence-corrected chi connectivity index (χ3v) is 4.38. The number of fused-ring (bicyclic) bond motifs is 1. The summed E-state index contributed by atoms with van der Waals surface area (Å²) in [5.74, 6) is -1.33. The Morgan fingerprint density at radius 3 is 2.47 bits per heavy atom. The predicted molar refractivity (Wildman–Crippen MR) is 101 cm³/mol. The van der Waals surface area contributed by atoms with Gasteiger partial charge in [-0.1, -0.05) is 13.8 Å². The number of carbonyl (C=O) groups is 2. The molecule has 0 saturated carbocycles. The molecular weight excluding hydrogens is 409 g/mol. The predicted octanol–water partition coefficient (Wildman–Crippen LogP) is 1.64. The number of rotatable bonds is 7. The van der Waals surface area contributed by atoms with Gasteiger partial charge in [-0.25, -0.2) is 4.79 Å². The van der Waals surface area contributed by atoms with Crippen molar-refractivity contribution in [3.8, 4) is 0 Å². The third-order valence-electron chi connectivity index (χ3n) is 4.38. The summed E-state index contributed by atoms with van der Waals surface area (Å²) in [5, 5.41) is 23.5. The second kappa shape index (κ2) is 8.84. The zero-order chi connectivity index (χ0) is 22.7. The number of alkyl halides is 3. The highest BCUT2D eigenvalue weighted by Gasteiger charge is 2.34. The molecule has 0 aliphatic carbocycles. The maximum Gasteiger partial charge on any atom is 0.417 e. The van der Waals surface area contributed by atoms with Crippen molar-refractivity contribution in [2.75, 3.05) is 18.5 Å². The van der Waals surface area contributed by atoms with E-state index >= 15 is 0 Å². The van der Waals surface area contributed by atoms with Crippen molar-refractivity contribution in [1.29, 1.82) is 0 Å². The van der Waals surface area contributed by atoms with Crippen molar-refractivity contribution < 1.29 is 37.4 Å². The molecule has 1 aromatic heterocycles. The monoisotopic (exact) mass is 430 g/mol. The number of aliphatic hydroxyl groups is 2. The fraction of sp³-hybridized carbons (Fsp3) is 0.421. The molecular formula is C19H21F3N2O6. The molecule has 0 radical (unpaired) electrons. The number of hydrogen-bond donors (Lipinski definition) is 4. The van der Waals surface area contributed by atoms with Crippen molar-refractivity contribution in [2.45, 2.75) is 32.5 Å². The summed E-state index contributed by atoms with van der Waals surface area (Å²) in [5.41, 5.74) is -3.61. The van der Waals surface area contributed by atoms with Gasteiger partial charge >= 0.3 is 11.8 Å². The first-order valence-corrected chi connectivity index (χ1v) is 8.87. The Morgan fingerprint density at radius 2 is 1.87 bits per heavy atom.